The summed E-state index contributed by atoms with van der Waals surface area (Å²) in [5.74, 6) is -4.25. The standard InChI is InChI=1S/C28H36N4O8.Gd/c33-24(34)19-29-11-13-30(20-25(35)36)15-17-32(18-16-31(14-12-29)21-26(37)38)28(27(39)40,22-7-3-1-4-8-22)23-9-5-2-6-10-23;/h1-10H,11-21H2,(H,33,34)(H,35,36)(H,37,38)(H,39,40);. The van der Waals surface area contributed by atoms with Crippen molar-refractivity contribution in [2.45, 2.75) is 5.54 Å². The van der Waals surface area contributed by atoms with E-state index in [2.05, 4.69) is 0 Å². The van der Waals surface area contributed by atoms with Crippen molar-refractivity contribution in [3.63, 3.8) is 0 Å². The third kappa shape index (κ3) is 9.78. The molecule has 4 N–H and O–H groups in total. The van der Waals surface area contributed by atoms with Gasteiger partial charge in [0.05, 0.1) is 19.6 Å². The van der Waals surface area contributed by atoms with Gasteiger partial charge >= 0.3 is 23.9 Å². The van der Waals surface area contributed by atoms with Gasteiger partial charge in [0.2, 0.25) is 0 Å². The Morgan fingerprint density at radius 3 is 1.10 bits per heavy atom. The number of rotatable bonds is 10. The van der Waals surface area contributed by atoms with E-state index in [0.717, 1.165) is 0 Å². The minimum absolute atomic E-state index is 0. The predicted molar refractivity (Wildman–Crippen MR) is 145 cm³/mol. The van der Waals surface area contributed by atoms with Crippen molar-refractivity contribution in [3.05, 3.63) is 71.8 Å². The molecule has 0 spiro atoms. The van der Waals surface area contributed by atoms with Crippen LogP contribution in [0.2, 0.25) is 0 Å². The van der Waals surface area contributed by atoms with E-state index in [4.69, 9.17) is 0 Å². The molecule has 0 atom stereocenters. The zero-order valence-corrected chi connectivity index (χ0v) is 24.9. The van der Waals surface area contributed by atoms with Crippen LogP contribution < -0.4 is 0 Å². The van der Waals surface area contributed by atoms with Gasteiger partial charge in [-0.3, -0.25) is 34.0 Å². The van der Waals surface area contributed by atoms with Crippen molar-refractivity contribution in [1.29, 1.82) is 0 Å². The first kappa shape index (κ1) is 34.7. The maximum Gasteiger partial charge on any atom is 0.333 e. The number of hydrogen-bond donors (Lipinski definition) is 4. The summed E-state index contributed by atoms with van der Waals surface area (Å²) < 4.78 is 0. The first-order valence-corrected chi connectivity index (χ1v) is 13.0. The van der Waals surface area contributed by atoms with Gasteiger partial charge in [-0.15, -0.1) is 0 Å². The monoisotopic (exact) mass is 714 g/mol. The fraction of sp³-hybridized carbons (Fsp3) is 0.429. The number of hydrogen-bond acceptors (Lipinski definition) is 8. The normalized spacial score (nSPS) is 17.0. The van der Waals surface area contributed by atoms with Crippen LogP contribution in [0.4, 0.5) is 0 Å². The van der Waals surface area contributed by atoms with E-state index in [1.54, 1.807) is 80.3 Å². The molecule has 2 aromatic rings. The SMILES string of the molecule is O=C(O)CN1CCN(CC(=O)O)CCN(C(C(=O)O)(c2ccccc2)c2ccccc2)CCN(CC(=O)O)CC1.[Gd]. The smallest absolute Gasteiger partial charge is 0.333 e. The Hall–Kier alpha value is -2.52. The van der Waals surface area contributed by atoms with Crippen molar-refractivity contribution in [1.82, 2.24) is 19.6 Å². The Morgan fingerprint density at radius 2 is 0.829 bits per heavy atom. The molecule has 1 aliphatic heterocycles. The Kier molecular flexibility index (Phi) is 14.2. The van der Waals surface area contributed by atoms with E-state index < -0.39 is 29.4 Å². The average molecular weight is 714 g/mol. The summed E-state index contributed by atoms with van der Waals surface area (Å²) in [6.07, 6.45) is 0. The van der Waals surface area contributed by atoms with Gasteiger partial charge in [0, 0.05) is 92.3 Å². The minimum atomic E-state index is -1.63. The van der Waals surface area contributed by atoms with Gasteiger partial charge in [0.25, 0.3) is 0 Å². The molecule has 1 aliphatic rings. The van der Waals surface area contributed by atoms with Gasteiger partial charge in [-0.25, -0.2) is 4.79 Å². The molecule has 0 aliphatic carbocycles. The molecule has 1 saturated heterocycles. The predicted octanol–water partition coefficient (Wildman–Crippen LogP) is 0.490. The summed E-state index contributed by atoms with van der Waals surface area (Å²) in [6.45, 7) is 0.829. The van der Waals surface area contributed by atoms with E-state index in [-0.39, 0.29) is 112 Å². The third-order valence-electron chi connectivity index (χ3n) is 7.08. The maximum absolute atomic E-state index is 13.3. The van der Waals surface area contributed by atoms with Gasteiger partial charge < -0.3 is 20.4 Å². The second-order valence-electron chi connectivity index (χ2n) is 9.74. The van der Waals surface area contributed by atoms with Crippen LogP contribution in [0.5, 0.6) is 0 Å². The molecule has 13 heteroatoms. The molecule has 1 heterocycles. The van der Waals surface area contributed by atoms with Crippen LogP contribution in [0.15, 0.2) is 60.7 Å². The van der Waals surface area contributed by atoms with E-state index in [0.29, 0.717) is 11.1 Å². The number of carboxylic acid groups (broad SMARTS) is 4. The third-order valence-corrected chi connectivity index (χ3v) is 7.08. The number of aliphatic carboxylic acids is 4. The molecule has 0 amide bonds. The molecule has 0 bridgehead atoms. The maximum atomic E-state index is 13.3. The van der Waals surface area contributed by atoms with E-state index >= 15 is 0 Å². The van der Waals surface area contributed by atoms with Crippen LogP contribution in [0.1, 0.15) is 11.1 Å². The van der Waals surface area contributed by atoms with Crippen molar-refractivity contribution in [2.75, 3.05) is 72.0 Å². The molecule has 12 nitrogen and oxygen atoms in total. The Morgan fingerprint density at radius 1 is 0.537 bits per heavy atom. The van der Waals surface area contributed by atoms with Crippen LogP contribution in [0.3, 0.4) is 0 Å². The molecule has 3 rings (SSSR count). The Balaban J connectivity index is 0.00000588. The van der Waals surface area contributed by atoms with Crippen molar-refractivity contribution in [3.8, 4) is 0 Å². The largest absolute Gasteiger partial charge is 0.480 e. The van der Waals surface area contributed by atoms with Gasteiger partial charge in [-0.2, -0.15) is 0 Å². The second-order valence-corrected chi connectivity index (χ2v) is 9.74. The number of benzene rings is 2. The Labute approximate surface area is 270 Å². The topological polar surface area (TPSA) is 162 Å². The van der Waals surface area contributed by atoms with Crippen LogP contribution in [-0.2, 0) is 24.7 Å². The zero-order chi connectivity index (χ0) is 29.1. The molecule has 1 fully saturated rings. The molecule has 2 aromatic carbocycles. The van der Waals surface area contributed by atoms with E-state index in [9.17, 15) is 39.6 Å². The summed E-state index contributed by atoms with van der Waals surface area (Å²) in [5, 5.41) is 39.3. The number of carboxylic acids is 4. The molecule has 0 aromatic heterocycles. The first-order valence-electron chi connectivity index (χ1n) is 13.0. The van der Waals surface area contributed by atoms with Crippen molar-refractivity contribution >= 4 is 23.9 Å². The van der Waals surface area contributed by atoms with Gasteiger partial charge in [0.15, 0.2) is 5.54 Å². The molecule has 0 saturated carbocycles. The second kappa shape index (κ2) is 16.8. The first-order chi connectivity index (χ1) is 19.1. The molecular weight excluding hydrogens is 678 g/mol. The van der Waals surface area contributed by atoms with Gasteiger partial charge in [-0.1, -0.05) is 60.7 Å². The summed E-state index contributed by atoms with van der Waals surface area (Å²) in [7, 11) is 0. The Bertz CT molecular complexity index is 1080. The van der Waals surface area contributed by atoms with E-state index in [1.165, 1.54) is 0 Å². The van der Waals surface area contributed by atoms with Gasteiger partial charge in [0.1, 0.15) is 0 Å². The number of nitrogens with zero attached hydrogens (tertiary/aromatic N) is 4. The van der Waals surface area contributed by atoms with E-state index in [1.807, 2.05) is 0 Å². The summed E-state index contributed by atoms with van der Waals surface area (Å²) in [5.41, 5.74) is -0.600. The van der Waals surface area contributed by atoms with Crippen LogP contribution >= 0.6 is 0 Å². The summed E-state index contributed by atoms with van der Waals surface area (Å²) in [6, 6.07) is 17.6. The fourth-order valence-electron chi connectivity index (χ4n) is 5.19. The van der Waals surface area contributed by atoms with Gasteiger partial charge in [-0.05, 0) is 11.1 Å². The fourth-order valence-corrected chi connectivity index (χ4v) is 5.19. The average Bonchev–Trinajstić information content (AvgIpc) is 2.90. The minimum Gasteiger partial charge on any atom is -0.480 e. The van der Waals surface area contributed by atoms with Crippen molar-refractivity contribution in [2.24, 2.45) is 0 Å². The van der Waals surface area contributed by atoms with Crippen LogP contribution in [0, 0.1) is 39.9 Å². The molecular formula is C28H36GdN4O8. The van der Waals surface area contributed by atoms with Crippen molar-refractivity contribution < 1.29 is 79.5 Å². The molecule has 224 valence electrons. The molecule has 0 unspecified atom stereocenters. The zero-order valence-electron chi connectivity index (χ0n) is 22.6. The number of carbonyl (C=O) groups is 4. The quantitative estimate of drug-likeness (QED) is 0.270. The van der Waals surface area contributed by atoms with Crippen LogP contribution in [0.25, 0.3) is 0 Å². The molecule has 41 heavy (non-hydrogen) atoms. The summed E-state index contributed by atoms with van der Waals surface area (Å²) >= 11 is 0. The molecule has 0 radical (unpaired) electrons. The summed E-state index contributed by atoms with van der Waals surface area (Å²) in [4.78, 5) is 54.9. The van der Waals surface area contributed by atoms with Crippen LogP contribution in [-0.4, -0.2) is 136 Å².